The SMILES string of the molecule is CCc1ccccc1S(=O)(=O)N1CC(N(CCc2noc(C)n2)S(C)(=O)=O)C1. The Balaban J connectivity index is 1.71. The molecule has 0 bridgehead atoms. The van der Waals surface area contributed by atoms with Crippen LogP contribution in [0.2, 0.25) is 0 Å². The van der Waals surface area contributed by atoms with Gasteiger partial charge in [-0.25, -0.2) is 16.8 Å². The minimum absolute atomic E-state index is 0.124. The van der Waals surface area contributed by atoms with E-state index in [2.05, 4.69) is 10.1 Å². The molecule has 0 aliphatic carbocycles. The Kier molecular flexibility index (Phi) is 5.89. The Labute approximate surface area is 165 Å². The smallest absolute Gasteiger partial charge is 0.243 e. The summed E-state index contributed by atoms with van der Waals surface area (Å²) in [4.78, 5) is 4.36. The Morgan fingerprint density at radius 2 is 1.89 bits per heavy atom. The van der Waals surface area contributed by atoms with Crippen molar-refractivity contribution in [3.05, 3.63) is 41.5 Å². The van der Waals surface area contributed by atoms with E-state index in [0.717, 1.165) is 11.8 Å². The lowest BCUT2D eigenvalue weighted by atomic mass is 10.2. The molecular formula is C17H24N4O5S2. The third-order valence-electron chi connectivity index (χ3n) is 4.76. The Hall–Kier alpha value is -1.82. The van der Waals surface area contributed by atoms with Crippen molar-refractivity contribution in [2.24, 2.45) is 0 Å². The molecule has 9 nitrogen and oxygen atoms in total. The van der Waals surface area contributed by atoms with Crippen LogP contribution in [0.5, 0.6) is 0 Å². The van der Waals surface area contributed by atoms with Crippen molar-refractivity contribution in [2.75, 3.05) is 25.9 Å². The molecule has 3 rings (SSSR count). The fourth-order valence-corrected chi connectivity index (χ4v) is 6.16. The summed E-state index contributed by atoms with van der Waals surface area (Å²) in [5, 5.41) is 3.77. The number of rotatable bonds is 8. The molecule has 0 amide bonds. The number of benzene rings is 1. The molecule has 154 valence electrons. The van der Waals surface area contributed by atoms with Gasteiger partial charge < -0.3 is 4.52 Å². The summed E-state index contributed by atoms with van der Waals surface area (Å²) in [6.45, 7) is 3.98. The zero-order chi connectivity index (χ0) is 20.5. The molecule has 1 saturated heterocycles. The summed E-state index contributed by atoms with van der Waals surface area (Å²) in [5.41, 5.74) is 0.749. The van der Waals surface area contributed by atoms with Crippen LogP contribution < -0.4 is 0 Å². The Morgan fingerprint density at radius 1 is 1.21 bits per heavy atom. The molecule has 0 unspecified atom stereocenters. The summed E-state index contributed by atoms with van der Waals surface area (Å²) in [5.74, 6) is 0.836. The standard InChI is InChI=1S/C17H24N4O5S2/c1-4-14-7-5-6-8-16(14)28(24,25)20-11-15(12-20)21(27(3,22)23)10-9-17-18-13(2)26-19-17/h5-8,15H,4,9-12H2,1-3H3. The predicted octanol–water partition coefficient (Wildman–Crippen LogP) is 0.818. The largest absolute Gasteiger partial charge is 0.340 e. The molecule has 2 heterocycles. The van der Waals surface area contributed by atoms with Crippen LogP contribution in [-0.2, 0) is 32.9 Å². The van der Waals surface area contributed by atoms with Crippen molar-refractivity contribution >= 4 is 20.0 Å². The highest BCUT2D eigenvalue weighted by atomic mass is 32.2. The van der Waals surface area contributed by atoms with Crippen molar-refractivity contribution in [1.29, 1.82) is 0 Å². The fraction of sp³-hybridized carbons (Fsp3) is 0.529. The van der Waals surface area contributed by atoms with Crippen molar-refractivity contribution in [3.63, 3.8) is 0 Å². The van der Waals surface area contributed by atoms with E-state index in [1.54, 1.807) is 25.1 Å². The maximum Gasteiger partial charge on any atom is 0.243 e. The number of aromatic nitrogens is 2. The molecule has 11 heteroatoms. The Bertz CT molecular complexity index is 1040. The van der Waals surface area contributed by atoms with Gasteiger partial charge in [0.2, 0.25) is 25.9 Å². The van der Waals surface area contributed by atoms with Crippen LogP contribution in [0.1, 0.15) is 24.2 Å². The average molecular weight is 429 g/mol. The lowest BCUT2D eigenvalue weighted by molar-refractivity contribution is 0.155. The molecule has 0 N–H and O–H groups in total. The fourth-order valence-electron chi connectivity index (χ4n) is 3.25. The van der Waals surface area contributed by atoms with Gasteiger partial charge in [-0.2, -0.15) is 13.6 Å². The van der Waals surface area contributed by atoms with Gasteiger partial charge in [0.05, 0.1) is 17.2 Å². The third kappa shape index (κ3) is 4.27. The molecule has 1 aromatic heterocycles. The van der Waals surface area contributed by atoms with E-state index in [1.807, 2.05) is 13.0 Å². The van der Waals surface area contributed by atoms with Crippen LogP contribution in [0, 0.1) is 6.92 Å². The normalized spacial score (nSPS) is 16.4. The molecule has 1 fully saturated rings. The highest BCUT2D eigenvalue weighted by molar-refractivity contribution is 7.89. The lowest BCUT2D eigenvalue weighted by Gasteiger charge is -2.43. The first kappa shape index (κ1) is 20.9. The van der Waals surface area contributed by atoms with Gasteiger partial charge in [-0.3, -0.25) is 0 Å². The minimum atomic E-state index is -3.65. The van der Waals surface area contributed by atoms with Gasteiger partial charge in [0, 0.05) is 33.0 Å². The van der Waals surface area contributed by atoms with Gasteiger partial charge in [0.25, 0.3) is 0 Å². The molecule has 1 aromatic carbocycles. The van der Waals surface area contributed by atoms with E-state index in [9.17, 15) is 16.8 Å². The van der Waals surface area contributed by atoms with Crippen LogP contribution in [0.3, 0.4) is 0 Å². The van der Waals surface area contributed by atoms with Gasteiger partial charge in [-0.15, -0.1) is 0 Å². The molecule has 0 spiro atoms. The highest BCUT2D eigenvalue weighted by Crippen LogP contribution is 2.27. The molecule has 28 heavy (non-hydrogen) atoms. The lowest BCUT2D eigenvalue weighted by Crippen LogP contribution is -2.62. The summed E-state index contributed by atoms with van der Waals surface area (Å²) >= 11 is 0. The van der Waals surface area contributed by atoms with Crippen LogP contribution in [-0.4, -0.2) is 67.5 Å². The number of sulfonamides is 2. The van der Waals surface area contributed by atoms with Gasteiger partial charge >= 0.3 is 0 Å². The Morgan fingerprint density at radius 3 is 2.46 bits per heavy atom. The number of nitrogens with zero attached hydrogens (tertiary/aromatic N) is 4. The first-order chi connectivity index (χ1) is 13.1. The summed E-state index contributed by atoms with van der Waals surface area (Å²) in [7, 11) is -7.16. The summed E-state index contributed by atoms with van der Waals surface area (Å²) in [6, 6.07) is 6.47. The van der Waals surface area contributed by atoms with Gasteiger partial charge in [-0.05, 0) is 18.1 Å². The zero-order valence-corrected chi connectivity index (χ0v) is 17.7. The van der Waals surface area contributed by atoms with Crippen LogP contribution in [0.25, 0.3) is 0 Å². The van der Waals surface area contributed by atoms with Crippen molar-refractivity contribution < 1.29 is 21.4 Å². The van der Waals surface area contributed by atoms with Crippen molar-refractivity contribution in [1.82, 2.24) is 18.8 Å². The maximum atomic E-state index is 12.9. The molecule has 1 aliphatic heterocycles. The van der Waals surface area contributed by atoms with Crippen molar-refractivity contribution in [2.45, 2.75) is 37.6 Å². The van der Waals surface area contributed by atoms with E-state index >= 15 is 0 Å². The van der Waals surface area contributed by atoms with Gasteiger partial charge in [0.1, 0.15) is 0 Å². The van der Waals surface area contributed by atoms with E-state index < -0.39 is 26.1 Å². The predicted molar refractivity (Wildman–Crippen MR) is 103 cm³/mol. The third-order valence-corrected chi connectivity index (χ3v) is 8.02. The molecule has 1 aliphatic rings. The molecular weight excluding hydrogens is 404 g/mol. The quantitative estimate of drug-likeness (QED) is 0.611. The minimum Gasteiger partial charge on any atom is -0.340 e. The number of hydrogen-bond donors (Lipinski definition) is 0. The average Bonchev–Trinajstić information content (AvgIpc) is 3.00. The van der Waals surface area contributed by atoms with Crippen LogP contribution in [0.4, 0.5) is 0 Å². The first-order valence-corrected chi connectivity index (χ1v) is 12.3. The van der Waals surface area contributed by atoms with E-state index in [4.69, 9.17) is 4.52 Å². The zero-order valence-electron chi connectivity index (χ0n) is 16.1. The maximum absolute atomic E-state index is 12.9. The molecule has 0 radical (unpaired) electrons. The van der Waals surface area contributed by atoms with E-state index in [0.29, 0.717) is 24.6 Å². The van der Waals surface area contributed by atoms with Crippen molar-refractivity contribution in [3.8, 4) is 0 Å². The van der Waals surface area contributed by atoms with E-state index in [1.165, 1.54) is 8.61 Å². The first-order valence-electron chi connectivity index (χ1n) is 8.97. The van der Waals surface area contributed by atoms with Gasteiger partial charge in [0.15, 0.2) is 5.82 Å². The molecule has 0 atom stereocenters. The second-order valence-electron chi connectivity index (χ2n) is 6.79. The number of hydrogen-bond acceptors (Lipinski definition) is 7. The highest BCUT2D eigenvalue weighted by Gasteiger charge is 2.42. The molecule has 2 aromatic rings. The van der Waals surface area contributed by atoms with Crippen LogP contribution in [0.15, 0.2) is 33.7 Å². The summed E-state index contributed by atoms with van der Waals surface area (Å²) in [6.07, 6.45) is 2.02. The molecule has 0 saturated carbocycles. The van der Waals surface area contributed by atoms with Gasteiger partial charge in [-0.1, -0.05) is 30.3 Å². The summed E-state index contributed by atoms with van der Waals surface area (Å²) < 4.78 is 57.8. The number of aryl methyl sites for hydroxylation is 2. The monoisotopic (exact) mass is 428 g/mol. The van der Waals surface area contributed by atoms with Crippen LogP contribution >= 0.6 is 0 Å². The topological polar surface area (TPSA) is 114 Å². The second kappa shape index (κ2) is 7.90. The second-order valence-corrected chi connectivity index (χ2v) is 10.6. The van der Waals surface area contributed by atoms with E-state index in [-0.39, 0.29) is 24.5 Å².